The first-order chi connectivity index (χ1) is 20.0. The van der Waals surface area contributed by atoms with Crippen molar-refractivity contribution in [3.63, 3.8) is 0 Å². The van der Waals surface area contributed by atoms with Crippen LogP contribution >= 0.6 is 0 Å². The van der Waals surface area contributed by atoms with Gasteiger partial charge in [0.2, 0.25) is 5.56 Å². The van der Waals surface area contributed by atoms with Crippen LogP contribution in [0.3, 0.4) is 0 Å². The van der Waals surface area contributed by atoms with Crippen LogP contribution in [0.15, 0.2) is 77.3 Å². The molecule has 0 saturated heterocycles. The maximum absolute atomic E-state index is 13.6. The summed E-state index contributed by atoms with van der Waals surface area (Å²) in [7, 11) is 0. The molecule has 1 saturated carbocycles. The van der Waals surface area contributed by atoms with Crippen molar-refractivity contribution in [2.75, 3.05) is 19.6 Å². The Kier molecular flexibility index (Phi) is 9.54. The van der Waals surface area contributed by atoms with Crippen molar-refractivity contribution in [2.45, 2.75) is 63.7 Å². The van der Waals surface area contributed by atoms with Crippen LogP contribution in [0.5, 0.6) is 5.75 Å². The van der Waals surface area contributed by atoms with E-state index in [-0.39, 0.29) is 23.3 Å². The summed E-state index contributed by atoms with van der Waals surface area (Å²) in [6.45, 7) is 2.07. The van der Waals surface area contributed by atoms with Crippen molar-refractivity contribution in [1.29, 1.82) is 0 Å². The predicted molar refractivity (Wildman–Crippen MR) is 160 cm³/mol. The van der Waals surface area contributed by atoms with Crippen LogP contribution in [0.25, 0.3) is 10.9 Å². The molecule has 2 aliphatic rings. The Hall–Kier alpha value is -3.88. The van der Waals surface area contributed by atoms with Gasteiger partial charge in [-0.05, 0) is 86.2 Å². The normalized spacial score (nSPS) is 16.1. The second kappa shape index (κ2) is 13.7. The van der Waals surface area contributed by atoms with Crippen molar-refractivity contribution in [3.8, 4) is 5.75 Å². The molecular weight excluding hydrogens is 518 g/mol. The predicted octanol–water partition coefficient (Wildman–Crippen LogP) is 5.08. The van der Waals surface area contributed by atoms with E-state index in [9.17, 15) is 19.8 Å². The number of H-pyrrole nitrogens is 1. The summed E-state index contributed by atoms with van der Waals surface area (Å²) in [5, 5.41) is 24.8. The van der Waals surface area contributed by atoms with E-state index in [1.807, 2.05) is 35.2 Å². The number of aromatic hydroxyl groups is 1. The average molecular weight is 558 g/mol. The second-order valence-corrected chi connectivity index (χ2v) is 10.9. The molecule has 1 aromatic heterocycles. The van der Waals surface area contributed by atoms with Crippen molar-refractivity contribution < 1.29 is 19.7 Å². The fourth-order valence-corrected chi connectivity index (χ4v) is 5.71. The molecule has 1 fully saturated rings. The van der Waals surface area contributed by atoms with E-state index < -0.39 is 6.10 Å². The number of aliphatic hydroxyl groups is 1. The Morgan fingerprint density at radius 1 is 1.07 bits per heavy atom. The van der Waals surface area contributed by atoms with Crippen LogP contribution in [0, 0.1) is 0 Å². The maximum atomic E-state index is 13.6. The number of aliphatic hydroxyl groups excluding tert-OH is 1. The molecule has 1 amide bonds. The van der Waals surface area contributed by atoms with Crippen LogP contribution in [0.1, 0.15) is 72.5 Å². The van der Waals surface area contributed by atoms with E-state index in [0.29, 0.717) is 48.3 Å². The van der Waals surface area contributed by atoms with Crippen LogP contribution in [0.2, 0.25) is 0 Å². The number of phenols is 1. The zero-order valence-electron chi connectivity index (χ0n) is 23.4. The molecule has 0 spiro atoms. The van der Waals surface area contributed by atoms with Crippen molar-refractivity contribution in [3.05, 3.63) is 99.6 Å². The number of carbonyl (C=O) groups excluding carboxylic acids is 1. The van der Waals surface area contributed by atoms with Gasteiger partial charge < -0.3 is 30.2 Å². The summed E-state index contributed by atoms with van der Waals surface area (Å²) in [5.74, 6) is 0.931. The minimum Gasteiger partial charge on any atom is -0.506 e. The first-order valence-electron chi connectivity index (χ1n) is 14.6. The number of ether oxygens (including phenoxy) is 1. The standard InChI is InChI=1S/C33H39N3O5/c37-29-17-15-27(28-16-18-31(39)35-32(28)29)30(38)21-34-19-6-20-36(25-7-4-5-8-25)33(40)24-13-11-23(12-14-24)22-41-26-9-2-1-3-10-26/h2,9-18,25,30,34,37-38H,1,3-8,19-22H2,(H,35,39)/t30-/m0/s1. The van der Waals surface area contributed by atoms with E-state index in [1.165, 1.54) is 12.1 Å². The average Bonchev–Trinajstić information content (AvgIpc) is 3.53. The Labute approximate surface area is 240 Å². The molecule has 1 atom stereocenters. The molecule has 1 heterocycles. The lowest BCUT2D eigenvalue weighted by atomic mass is 10.0. The van der Waals surface area contributed by atoms with Gasteiger partial charge in [0.15, 0.2) is 0 Å². The van der Waals surface area contributed by atoms with Gasteiger partial charge in [0.05, 0.1) is 11.6 Å². The van der Waals surface area contributed by atoms with Crippen molar-refractivity contribution in [2.24, 2.45) is 0 Å². The number of hydrogen-bond acceptors (Lipinski definition) is 6. The molecule has 0 unspecified atom stereocenters. The number of hydrogen-bond donors (Lipinski definition) is 4. The number of rotatable bonds is 12. The molecule has 216 valence electrons. The maximum Gasteiger partial charge on any atom is 0.254 e. The van der Waals surface area contributed by atoms with Gasteiger partial charge in [-0.15, -0.1) is 0 Å². The lowest BCUT2D eigenvalue weighted by molar-refractivity contribution is 0.0678. The van der Waals surface area contributed by atoms with Crippen LogP contribution in [0.4, 0.5) is 0 Å². The van der Waals surface area contributed by atoms with Gasteiger partial charge >= 0.3 is 0 Å². The van der Waals surface area contributed by atoms with Gasteiger partial charge in [-0.2, -0.15) is 0 Å². The SMILES string of the molecule is O=C(c1ccc(COC2=CCCC=C2)cc1)N(CCCNC[C@H](O)c1ccc(O)c2[nH]c(=O)ccc12)C1CCCC1. The Morgan fingerprint density at radius 3 is 2.63 bits per heavy atom. The number of pyridine rings is 1. The Balaban J connectivity index is 1.14. The number of aromatic nitrogens is 1. The molecule has 3 aromatic rings. The smallest absolute Gasteiger partial charge is 0.254 e. The Morgan fingerprint density at radius 2 is 1.88 bits per heavy atom. The quantitative estimate of drug-likeness (QED) is 0.231. The number of amides is 1. The minimum atomic E-state index is -0.815. The van der Waals surface area contributed by atoms with Crippen molar-refractivity contribution in [1.82, 2.24) is 15.2 Å². The molecular formula is C33H39N3O5. The summed E-state index contributed by atoms with van der Waals surface area (Å²) in [4.78, 5) is 29.9. The zero-order valence-corrected chi connectivity index (χ0v) is 23.4. The lowest BCUT2D eigenvalue weighted by Gasteiger charge is -2.29. The number of allylic oxidation sites excluding steroid dienone is 3. The number of carbonyl (C=O) groups is 1. The van der Waals surface area contributed by atoms with Crippen molar-refractivity contribution >= 4 is 16.8 Å². The minimum absolute atomic E-state index is 0.0317. The molecule has 2 aromatic carbocycles. The van der Waals surface area contributed by atoms with Crippen LogP contribution < -0.4 is 10.9 Å². The molecule has 0 aliphatic heterocycles. The highest BCUT2D eigenvalue weighted by molar-refractivity contribution is 5.94. The van der Waals surface area contributed by atoms with E-state index in [1.54, 1.807) is 12.1 Å². The first kappa shape index (κ1) is 28.6. The molecule has 8 nitrogen and oxygen atoms in total. The highest BCUT2D eigenvalue weighted by Crippen LogP contribution is 2.29. The summed E-state index contributed by atoms with van der Waals surface area (Å²) < 4.78 is 5.88. The summed E-state index contributed by atoms with van der Waals surface area (Å²) in [6.07, 6.45) is 12.6. The van der Waals surface area contributed by atoms with E-state index in [0.717, 1.165) is 56.3 Å². The van der Waals surface area contributed by atoms with Gasteiger partial charge in [0.25, 0.3) is 5.91 Å². The highest BCUT2D eigenvalue weighted by Gasteiger charge is 2.27. The molecule has 5 rings (SSSR count). The molecule has 0 bridgehead atoms. The fraction of sp³-hybridized carbons (Fsp3) is 0.394. The van der Waals surface area contributed by atoms with E-state index in [4.69, 9.17) is 4.74 Å². The summed E-state index contributed by atoms with van der Waals surface area (Å²) in [5.41, 5.74) is 2.36. The zero-order chi connectivity index (χ0) is 28.6. The number of fused-ring (bicyclic) bond motifs is 1. The molecule has 2 aliphatic carbocycles. The van der Waals surface area contributed by atoms with Gasteiger partial charge in [-0.3, -0.25) is 9.59 Å². The molecule has 41 heavy (non-hydrogen) atoms. The van der Waals surface area contributed by atoms with Gasteiger partial charge in [0.1, 0.15) is 18.1 Å². The van der Waals surface area contributed by atoms with Gasteiger partial charge in [-0.1, -0.05) is 37.1 Å². The molecule has 4 N–H and O–H groups in total. The largest absolute Gasteiger partial charge is 0.506 e. The number of phenolic OH excluding ortho intramolecular Hbond substituents is 1. The van der Waals surface area contributed by atoms with Crippen LogP contribution in [-0.4, -0.2) is 51.7 Å². The Bertz CT molecular complexity index is 1450. The van der Waals surface area contributed by atoms with E-state index >= 15 is 0 Å². The summed E-state index contributed by atoms with van der Waals surface area (Å²) >= 11 is 0. The number of aromatic amines is 1. The molecule has 0 radical (unpaired) electrons. The highest BCUT2D eigenvalue weighted by atomic mass is 16.5. The summed E-state index contributed by atoms with van der Waals surface area (Å²) in [6, 6.07) is 14.1. The third-order valence-electron chi connectivity index (χ3n) is 7.95. The van der Waals surface area contributed by atoms with Crippen LogP contribution in [-0.2, 0) is 11.3 Å². The lowest BCUT2D eigenvalue weighted by Crippen LogP contribution is -2.40. The van der Waals surface area contributed by atoms with E-state index in [2.05, 4.69) is 22.5 Å². The van der Waals surface area contributed by atoms with Gasteiger partial charge in [-0.25, -0.2) is 0 Å². The number of nitrogens with one attached hydrogen (secondary N) is 2. The second-order valence-electron chi connectivity index (χ2n) is 10.9. The number of benzene rings is 2. The third-order valence-corrected chi connectivity index (χ3v) is 7.95. The monoisotopic (exact) mass is 557 g/mol. The van der Waals surface area contributed by atoms with Gasteiger partial charge in [0, 0.05) is 36.1 Å². The molecule has 8 heteroatoms. The fourth-order valence-electron chi connectivity index (χ4n) is 5.71. The first-order valence-corrected chi connectivity index (χ1v) is 14.6. The topological polar surface area (TPSA) is 115 Å². The number of nitrogens with zero attached hydrogens (tertiary/aromatic N) is 1. The third kappa shape index (κ3) is 7.26.